The van der Waals surface area contributed by atoms with Crippen LogP contribution >= 0.6 is 24.2 Å². The number of thioether (sulfide) groups is 1. The van der Waals surface area contributed by atoms with E-state index in [9.17, 15) is 4.79 Å². The summed E-state index contributed by atoms with van der Waals surface area (Å²) in [5.41, 5.74) is 2.48. The number of amides is 1. The van der Waals surface area contributed by atoms with E-state index >= 15 is 0 Å². The molecule has 2 N–H and O–H groups in total. The van der Waals surface area contributed by atoms with Crippen LogP contribution in [0.3, 0.4) is 0 Å². The van der Waals surface area contributed by atoms with Crippen LogP contribution in [0.15, 0.2) is 24.3 Å². The van der Waals surface area contributed by atoms with Crippen LogP contribution < -0.4 is 10.6 Å². The maximum absolute atomic E-state index is 12.1. The monoisotopic (exact) mass is 356 g/mol. The highest BCUT2D eigenvalue weighted by Gasteiger charge is 2.29. The van der Waals surface area contributed by atoms with Gasteiger partial charge in [-0.15, -0.1) is 24.2 Å². The van der Waals surface area contributed by atoms with Crippen LogP contribution in [0, 0.1) is 12.8 Å². The van der Waals surface area contributed by atoms with Gasteiger partial charge in [0.15, 0.2) is 0 Å². The Morgan fingerprint density at radius 3 is 2.87 bits per heavy atom. The molecule has 4 nitrogen and oxygen atoms in total. The molecule has 0 aliphatic carbocycles. The highest BCUT2D eigenvalue weighted by atomic mass is 35.5. The third-order valence-corrected chi connectivity index (χ3v) is 5.36. The van der Waals surface area contributed by atoms with Crippen molar-refractivity contribution in [2.45, 2.75) is 31.9 Å². The van der Waals surface area contributed by atoms with E-state index in [1.54, 1.807) is 11.8 Å². The van der Waals surface area contributed by atoms with Crippen molar-refractivity contribution in [2.75, 3.05) is 24.8 Å². The molecule has 3 atom stereocenters. The average Bonchev–Trinajstić information content (AvgIpc) is 3.08. The number of hydrogen-bond donors (Lipinski definition) is 2. The molecule has 0 radical (unpaired) electrons. The lowest BCUT2D eigenvalue weighted by atomic mass is 9.89. The first kappa shape index (κ1) is 18.6. The smallest absolute Gasteiger partial charge is 0.238 e. The second kappa shape index (κ2) is 8.92. The molecule has 2 aliphatic heterocycles. The fourth-order valence-corrected chi connectivity index (χ4v) is 4.04. The van der Waals surface area contributed by atoms with Crippen molar-refractivity contribution in [1.82, 2.24) is 10.6 Å². The van der Waals surface area contributed by atoms with E-state index in [1.807, 2.05) is 0 Å². The molecule has 2 aliphatic rings. The molecule has 6 heteroatoms. The zero-order valence-corrected chi connectivity index (χ0v) is 15.1. The number of nitrogens with one attached hydrogen (secondary N) is 2. The van der Waals surface area contributed by atoms with Crippen molar-refractivity contribution in [3.05, 3.63) is 35.4 Å². The SMILES string of the molecule is Cc1ccc(C2OCCCC2CNC(=O)C2CSCN2)cc1.Cl. The number of benzene rings is 1. The van der Waals surface area contributed by atoms with Crippen LogP contribution in [-0.4, -0.2) is 36.7 Å². The number of aryl methyl sites for hydroxylation is 1. The minimum Gasteiger partial charge on any atom is -0.373 e. The van der Waals surface area contributed by atoms with E-state index in [0.717, 1.165) is 31.1 Å². The van der Waals surface area contributed by atoms with Gasteiger partial charge in [0.05, 0.1) is 12.1 Å². The molecule has 1 aromatic carbocycles. The van der Waals surface area contributed by atoms with E-state index < -0.39 is 0 Å². The third kappa shape index (κ3) is 4.86. The summed E-state index contributed by atoms with van der Waals surface area (Å²) in [5.74, 6) is 2.22. The summed E-state index contributed by atoms with van der Waals surface area (Å²) in [4.78, 5) is 12.1. The minimum atomic E-state index is -0.0349. The lowest BCUT2D eigenvalue weighted by molar-refractivity contribution is -0.123. The maximum atomic E-state index is 12.1. The molecule has 1 aromatic rings. The van der Waals surface area contributed by atoms with Crippen molar-refractivity contribution in [2.24, 2.45) is 5.92 Å². The van der Waals surface area contributed by atoms with Gasteiger partial charge in [-0.1, -0.05) is 29.8 Å². The molecule has 2 fully saturated rings. The summed E-state index contributed by atoms with van der Waals surface area (Å²) in [6.07, 6.45) is 2.27. The van der Waals surface area contributed by atoms with Gasteiger partial charge in [-0.25, -0.2) is 0 Å². The number of hydrogen-bond acceptors (Lipinski definition) is 4. The summed E-state index contributed by atoms with van der Waals surface area (Å²) >= 11 is 1.77. The van der Waals surface area contributed by atoms with Gasteiger partial charge in [0.2, 0.25) is 5.91 Å². The Kier molecular flexibility index (Phi) is 7.21. The van der Waals surface area contributed by atoms with E-state index in [1.165, 1.54) is 11.1 Å². The molecule has 2 saturated heterocycles. The highest BCUT2D eigenvalue weighted by molar-refractivity contribution is 7.99. The summed E-state index contributed by atoms with van der Waals surface area (Å²) < 4.78 is 6.00. The van der Waals surface area contributed by atoms with Crippen molar-refractivity contribution < 1.29 is 9.53 Å². The first-order valence-corrected chi connectivity index (χ1v) is 9.16. The zero-order chi connectivity index (χ0) is 15.4. The van der Waals surface area contributed by atoms with Gasteiger partial charge in [0, 0.05) is 30.7 Å². The Bertz CT molecular complexity index is 506. The molecule has 3 rings (SSSR count). The van der Waals surface area contributed by atoms with Crippen LogP contribution in [0.1, 0.15) is 30.1 Å². The largest absolute Gasteiger partial charge is 0.373 e. The molecular weight excluding hydrogens is 332 g/mol. The third-order valence-electron chi connectivity index (χ3n) is 4.42. The van der Waals surface area contributed by atoms with Crippen LogP contribution in [0.2, 0.25) is 0 Å². The predicted molar refractivity (Wildman–Crippen MR) is 97.1 cm³/mol. The van der Waals surface area contributed by atoms with Gasteiger partial charge in [-0.2, -0.15) is 0 Å². The molecule has 0 spiro atoms. The molecule has 0 saturated carbocycles. The minimum absolute atomic E-state index is 0. The summed E-state index contributed by atoms with van der Waals surface area (Å²) in [5, 5.41) is 6.32. The summed E-state index contributed by atoms with van der Waals surface area (Å²) in [6.45, 7) is 3.60. The topological polar surface area (TPSA) is 50.4 Å². The highest BCUT2D eigenvalue weighted by Crippen LogP contribution is 2.33. The van der Waals surface area contributed by atoms with Crippen LogP contribution in [0.5, 0.6) is 0 Å². The Labute approximate surface area is 148 Å². The quantitative estimate of drug-likeness (QED) is 0.870. The second-order valence-corrected chi connectivity index (χ2v) is 7.15. The Balaban J connectivity index is 0.00000192. The fraction of sp³-hybridized carbons (Fsp3) is 0.588. The zero-order valence-electron chi connectivity index (χ0n) is 13.4. The summed E-state index contributed by atoms with van der Waals surface area (Å²) in [6, 6.07) is 8.52. The van der Waals surface area contributed by atoms with Crippen molar-refractivity contribution in [3.63, 3.8) is 0 Å². The van der Waals surface area contributed by atoms with Gasteiger partial charge >= 0.3 is 0 Å². The first-order chi connectivity index (χ1) is 10.7. The first-order valence-electron chi connectivity index (χ1n) is 8.01. The molecule has 23 heavy (non-hydrogen) atoms. The average molecular weight is 357 g/mol. The van der Waals surface area contributed by atoms with Crippen LogP contribution in [-0.2, 0) is 9.53 Å². The predicted octanol–water partition coefficient (Wildman–Crippen LogP) is 2.66. The molecule has 3 unspecified atom stereocenters. The Morgan fingerprint density at radius 1 is 1.39 bits per heavy atom. The van der Waals surface area contributed by atoms with Gasteiger partial charge in [-0.05, 0) is 25.3 Å². The lowest BCUT2D eigenvalue weighted by Gasteiger charge is -2.32. The van der Waals surface area contributed by atoms with Crippen molar-refractivity contribution in [1.29, 1.82) is 0 Å². The van der Waals surface area contributed by atoms with E-state index in [2.05, 4.69) is 41.8 Å². The van der Waals surface area contributed by atoms with Crippen molar-refractivity contribution in [3.8, 4) is 0 Å². The van der Waals surface area contributed by atoms with E-state index in [0.29, 0.717) is 12.5 Å². The Morgan fingerprint density at radius 2 is 2.17 bits per heavy atom. The normalized spacial score (nSPS) is 27.3. The van der Waals surface area contributed by atoms with E-state index in [-0.39, 0.29) is 30.5 Å². The van der Waals surface area contributed by atoms with Crippen LogP contribution in [0.4, 0.5) is 0 Å². The number of rotatable bonds is 4. The van der Waals surface area contributed by atoms with E-state index in [4.69, 9.17) is 4.74 Å². The molecule has 128 valence electrons. The molecule has 0 bridgehead atoms. The molecule has 0 aromatic heterocycles. The van der Waals surface area contributed by atoms with Gasteiger partial charge in [0.1, 0.15) is 0 Å². The summed E-state index contributed by atoms with van der Waals surface area (Å²) in [7, 11) is 0. The molecule has 1 amide bonds. The number of carbonyl (C=O) groups is 1. The van der Waals surface area contributed by atoms with Crippen LogP contribution in [0.25, 0.3) is 0 Å². The number of halogens is 1. The van der Waals surface area contributed by atoms with Gasteiger partial charge in [-0.3, -0.25) is 10.1 Å². The molecular formula is C17H25ClN2O2S. The maximum Gasteiger partial charge on any atom is 0.238 e. The van der Waals surface area contributed by atoms with Crippen molar-refractivity contribution >= 4 is 30.1 Å². The Hall–Kier alpha value is -0.750. The molecule has 2 heterocycles. The van der Waals surface area contributed by atoms with Gasteiger partial charge in [0.25, 0.3) is 0 Å². The lowest BCUT2D eigenvalue weighted by Crippen LogP contribution is -2.44. The van der Waals surface area contributed by atoms with Gasteiger partial charge < -0.3 is 10.1 Å². The second-order valence-electron chi connectivity index (χ2n) is 6.12. The fourth-order valence-electron chi connectivity index (χ4n) is 3.10. The standard InChI is InChI=1S/C17H24N2O2S.ClH/c1-12-4-6-13(7-5-12)16-14(3-2-8-21-16)9-18-17(20)15-10-22-11-19-15;/h4-7,14-16,19H,2-3,8-11H2,1H3,(H,18,20);1H. The number of ether oxygens (including phenoxy) is 1. The number of carbonyl (C=O) groups excluding carboxylic acids is 1.